The third kappa shape index (κ3) is 7.10. The standard InChI is InChI=1S/C27H27IN6O2S/c1-18-14-21(28)12-13-24(18)29-17-25-31-33-27(34(25)22-9-5-4-6-10-22)37-19(2)26(35)32-30-16-20-8-7-11-23(15-20)36-3/h4-16,19,29H,17H2,1-3H3,(H,32,35). The van der Waals surface area contributed by atoms with Gasteiger partial charge in [0, 0.05) is 14.9 Å². The zero-order valence-electron chi connectivity index (χ0n) is 20.7. The SMILES string of the molecule is COc1cccc(C=NNC(=O)C(C)Sc2nnc(CNc3ccc(I)cc3C)n2-c2ccccc2)c1. The van der Waals surface area contributed by atoms with Crippen LogP contribution in [0.4, 0.5) is 5.69 Å². The number of nitrogens with zero attached hydrogens (tertiary/aromatic N) is 4. The molecule has 0 aliphatic rings. The number of ether oxygens (including phenoxy) is 1. The molecule has 0 radical (unpaired) electrons. The molecule has 0 spiro atoms. The summed E-state index contributed by atoms with van der Waals surface area (Å²) in [5, 5.41) is 16.6. The van der Waals surface area contributed by atoms with Crippen LogP contribution in [0, 0.1) is 10.5 Å². The molecule has 3 aromatic carbocycles. The lowest BCUT2D eigenvalue weighted by Crippen LogP contribution is -2.27. The first kappa shape index (κ1) is 26.7. The first-order chi connectivity index (χ1) is 17.9. The first-order valence-electron chi connectivity index (χ1n) is 11.6. The van der Waals surface area contributed by atoms with Gasteiger partial charge in [0.1, 0.15) is 5.75 Å². The van der Waals surface area contributed by atoms with Crippen molar-refractivity contribution < 1.29 is 9.53 Å². The maximum absolute atomic E-state index is 12.8. The Morgan fingerprint density at radius 1 is 1.14 bits per heavy atom. The van der Waals surface area contributed by atoms with E-state index in [2.05, 4.69) is 73.8 Å². The summed E-state index contributed by atoms with van der Waals surface area (Å²) in [7, 11) is 1.61. The number of para-hydroxylation sites is 1. The minimum atomic E-state index is -0.451. The Hall–Kier alpha value is -3.38. The topological polar surface area (TPSA) is 93.4 Å². The number of hydrazone groups is 1. The third-order valence-electron chi connectivity index (χ3n) is 5.47. The molecule has 10 heteroatoms. The number of hydrogen-bond acceptors (Lipinski definition) is 7. The highest BCUT2D eigenvalue weighted by Crippen LogP contribution is 2.27. The fourth-order valence-electron chi connectivity index (χ4n) is 3.52. The van der Waals surface area contributed by atoms with E-state index in [0.29, 0.717) is 11.7 Å². The van der Waals surface area contributed by atoms with Crippen LogP contribution >= 0.6 is 34.4 Å². The van der Waals surface area contributed by atoms with Gasteiger partial charge in [-0.2, -0.15) is 5.10 Å². The van der Waals surface area contributed by atoms with E-state index in [1.165, 1.54) is 15.3 Å². The molecule has 190 valence electrons. The van der Waals surface area contributed by atoms with E-state index in [-0.39, 0.29) is 5.91 Å². The second-order valence-electron chi connectivity index (χ2n) is 8.15. The molecule has 1 unspecified atom stereocenters. The highest BCUT2D eigenvalue weighted by Gasteiger charge is 2.21. The van der Waals surface area contributed by atoms with Gasteiger partial charge in [0.25, 0.3) is 5.91 Å². The van der Waals surface area contributed by atoms with E-state index in [9.17, 15) is 4.79 Å². The van der Waals surface area contributed by atoms with Gasteiger partial charge in [-0.15, -0.1) is 10.2 Å². The maximum Gasteiger partial charge on any atom is 0.253 e. The Labute approximate surface area is 234 Å². The second-order valence-corrected chi connectivity index (χ2v) is 10.7. The molecule has 4 rings (SSSR count). The van der Waals surface area contributed by atoms with E-state index in [0.717, 1.165) is 34.1 Å². The summed E-state index contributed by atoms with van der Waals surface area (Å²) in [6.45, 7) is 4.37. The van der Waals surface area contributed by atoms with Gasteiger partial charge in [0.15, 0.2) is 11.0 Å². The normalized spacial score (nSPS) is 11.9. The number of hydrogen-bond donors (Lipinski definition) is 2. The highest BCUT2D eigenvalue weighted by molar-refractivity contribution is 14.1. The average molecular weight is 627 g/mol. The lowest BCUT2D eigenvalue weighted by atomic mass is 10.2. The third-order valence-corrected chi connectivity index (χ3v) is 7.19. The number of carbonyl (C=O) groups excluding carboxylic acids is 1. The fraction of sp³-hybridized carbons (Fsp3) is 0.185. The number of nitrogens with one attached hydrogen (secondary N) is 2. The zero-order chi connectivity index (χ0) is 26.2. The number of amides is 1. The van der Waals surface area contributed by atoms with Gasteiger partial charge in [-0.05, 0) is 90.0 Å². The predicted molar refractivity (Wildman–Crippen MR) is 157 cm³/mol. The lowest BCUT2D eigenvalue weighted by molar-refractivity contribution is -0.120. The molecule has 1 aromatic heterocycles. The van der Waals surface area contributed by atoms with Crippen LogP contribution in [0.3, 0.4) is 0 Å². The number of benzene rings is 3. The molecule has 2 N–H and O–H groups in total. The van der Waals surface area contributed by atoms with Crippen molar-refractivity contribution in [2.45, 2.75) is 30.8 Å². The average Bonchev–Trinajstić information content (AvgIpc) is 3.30. The lowest BCUT2D eigenvalue weighted by Gasteiger charge is -2.14. The Kier molecular flexibility index (Phi) is 9.18. The molecule has 1 atom stereocenters. The van der Waals surface area contributed by atoms with Gasteiger partial charge >= 0.3 is 0 Å². The number of thioether (sulfide) groups is 1. The number of rotatable bonds is 10. The molecule has 0 aliphatic carbocycles. The van der Waals surface area contributed by atoms with Crippen molar-refractivity contribution in [1.82, 2.24) is 20.2 Å². The van der Waals surface area contributed by atoms with Gasteiger partial charge in [-0.25, -0.2) is 5.43 Å². The molecule has 0 fully saturated rings. The summed E-state index contributed by atoms with van der Waals surface area (Å²) in [6.07, 6.45) is 1.58. The predicted octanol–water partition coefficient (Wildman–Crippen LogP) is 5.43. The molecule has 0 bridgehead atoms. The summed E-state index contributed by atoms with van der Waals surface area (Å²) in [4.78, 5) is 12.8. The second kappa shape index (κ2) is 12.7. The molecular weight excluding hydrogens is 599 g/mol. The molecule has 0 aliphatic heterocycles. The Balaban J connectivity index is 1.47. The van der Waals surface area contributed by atoms with Crippen LogP contribution in [-0.4, -0.2) is 39.2 Å². The summed E-state index contributed by atoms with van der Waals surface area (Å²) in [6, 6.07) is 23.6. The summed E-state index contributed by atoms with van der Waals surface area (Å²) in [5.41, 5.74) is 6.56. The smallest absolute Gasteiger partial charge is 0.253 e. The minimum absolute atomic E-state index is 0.235. The van der Waals surface area contributed by atoms with Crippen molar-refractivity contribution in [3.63, 3.8) is 0 Å². The van der Waals surface area contributed by atoms with Crippen LogP contribution in [0.2, 0.25) is 0 Å². The number of aromatic nitrogens is 3. The van der Waals surface area contributed by atoms with E-state index in [1.54, 1.807) is 13.3 Å². The minimum Gasteiger partial charge on any atom is -0.497 e. The molecule has 8 nitrogen and oxygen atoms in total. The van der Waals surface area contributed by atoms with Gasteiger partial charge in [0.2, 0.25) is 0 Å². The first-order valence-corrected chi connectivity index (χ1v) is 13.5. The maximum atomic E-state index is 12.8. The van der Waals surface area contributed by atoms with Crippen LogP contribution < -0.4 is 15.5 Å². The van der Waals surface area contributed by atoms with Gasteiger partial charge in [0.05, 0.1) is 25.1 Å². The Morgan fingerprint density at radius 3 is 2.70 bits per heavy atom. The van der Waals surface area contributed by atoms with Crippen molar-refractivity contribution in [1.29, 1.82) is 0 Å². The van der Waals surface area contributed by atoms with E-state index in [4.69, 9.17) is 4.74 Å². The van der Waals surface area contributed by atoms with Crippen molar-refractivity contribution in [2.75, 3.05) is 12.4 Å². The van der Waals surface area contributed by atoms with Crippen LogP contribution in [0.15, 0.2) is 83.1 Å². The molecule has 4 aromatic rings. The van der Waals surface area contributed by atoms with Crippen molar-refractivity contribution >= 4 is 52.2 Å². The van der Waals surface area contributed by atoms with Crippen LogP contribution in [0.1, 0.15) is 23.9 Å². The van der Waals surface area contributed by atoms with Crippen LogP contribution in [0.5, 0.6) is 5.75 Å². The largest absolute Gasteiger partial charge is 0.497 e. The monoisotopic (exact) mass is 626 g/mol. The van der Waals surface area contributed by atoms with Gasteiger partial charge in [-0.3, -0.25) is 9.36 Å². The summed E-state index contributed by atoms with van der Waals surface area (Å²) in [5.74, 6) is 1.23. The van der Waals surface area contributed by atoms with Gasteiger partial charge in [-0.1, -0.05) is 42.1 Å². The van der Waals surface area contributed by atoms with Crippen LogP contribution in [-0.2, 0) is 11.3 Å². The summed E-state index contributed by atoms with van der Waals surface area (Å²) < 4.78 is 8.38. The van der Waals surface area contributed by atoms with E-state index in [1.807, 2.05) is 66.1 Å². The van der Waals surface area contributed by atoms with E-state index < -0.39 is 5.25 Å². The highest BCUT2D eigenvalue weighted by atomic mass is 127. The van der Waals surface area contributed by atoms with Gasteiger partial charge < -0.3 is 10.1 Å². The number of anilines is 1. The number of carbonyl (C=O) groups is 1. The zero-order valence-corrected chi connectivity index (χ0v) is 23.7. The fourth-order valence-corrected chi connectivity index (χ4v) is 5.05. The van der Waals surface area contributed by atoms with Crippen molar-refractivity contribution in [3.05, 3.63) is 93.3 Å². The number of methoxy groups -OCH3 is 1. The number of aryl methyl sites for hydroxylation is 1. The van der Waals surface area contributed by atoms with Crippen molar-refractivity contribution in [3.8, 4) is 11.4 Å². The Bertz CT molecular complexity index is 1390. The van der Waals surface area contributed by atoms with E-state index >= 15 is 0 Å². The number of halogens is 1. The van der Waals surface area contributed by atoms with Crippen LogP contribution in [0.25, 0.3) is 5.69 Å². The molecular formula is C27H27IN6O2S. The molecule has 1 amide bonds. The molecule has 0 saturated heterocycles. The Morgan fingerprint density at radius 2 is 1.95 bits per heavy atom. The molecule has 37 heavy (non-hydrogen) atoms. The molecule has 1 heterocycles. The molecule has 0 saturated carbocycles. The summed E-state index contributed by atoms with van der Waals surface area (Å²) >= 11 is 3.63. The quantitative estimate of drug-likeness (QED) is 0.106. The van der Waals surface area contributed by atoms with Crippen molar-refractivity contribution in [2.24, 2.45) is 5.10 Å².